The van der Waals surface area contributed by atoms with E-state index >= 15 is 0 Å². The summed E-state index contributed by atoms with van der Waals surface area (Å²) in [6.07, 6.45) is 4.55. The molecule has 0 spiro atoms. The van der Waals surface area contributed by atoms with Gasteiger partial charge in [-0.05, 0) is 48.4 Å². The zero-order valence-electron chi connectivity index (χ0n) is 12.8. The third-order valence-electron chi connectivity index (χ3n) is 3.90. The van der Waals surface area contributed by atoms with Gasteiger partial charge >= 0.3 is 0 Å². The van der Waals surface area contributed by atoms with Gasteiger partial charge in [-0.3, -0.25) is 4.79 Å². The first-order chi connectivity index (χ1) is 10.7. The first-order valence-corrected chi connectivity index (χ1v) is 7.55. The Morgan fingerprint density at radius 1 is 1.14 bits per heavy atom. The van der Waals surface area contributed by atoms with Crippen LogP contribution in [0.4, 0.5) is 5.69 Å². The fourth-order valence-electron chi connectivity index (χ4n) is 2.70. The molecule has 0 fully saturated rings. The SMILES string of the molecule is CN1CCc2ccc(C=CC(=O)Nc3ccccc3)cc2C1. The molecule has 1 heterocycles. The van der Waals surface area contributed by atoms with Crippen molar-refractivity contribution in [2.45, 2.75) is 13.0 Å². The maximum Gasteiger partial charge on any atom is 0.248 e. The molecule has 0 aliphatic carbocycles. The number of nitrogens with zero attached hydrogens (tertiary/aromatic N) is 1. The fourth-order valence-corrected chi connectivity index (χ4v) is 2.70. The molecule has 112 valence electrons. The van der Waals surface area contributed by atoms with Gasteiger partial charge in [-0.1, -0.05) is 36.4 Å². The maximum absolute atomic E-state index is 11.9. The summed E-state index contributed by atoms with van der Waals surface area (Å²) in [5.74, 6) is -0.110. The van der Waals surface area contributed by atoms with Crippen LogP contribution in [-0.2, 0) is 17.8 Å². The first-order valence-electron chi connectivity index (χ1n) is 7.55. The van der Waals surface area contributed by atoms with E-state index in [1.165, 1.54) is 11.1 Å². The highest BCUT2D eigenvalue weighted by molar-refractivity contribution is 6.01. The lowest BCUT2D eigenvalue weighted by Gasteiger charge is -2.25. The Kier molecular flexibility index (Phi) is 4.35. The Morgan fingerprint density at radius 3 is 2.77 bits per heavy atom. The molecule has 1 amide bonds. The minimum absolute atomic E-state index is 0.110. The van der Waals surface area contributed by atoms with Crippen molar-refractivity contribution in [3.05, 3.63) is 71.3 Å². The number of hydrogen-bond acceptors (Lipinski definition) is 2. The quantitative estimate of drug-likeness (QED) is 0.880. The van der Waals surface area contributed by atoms with Crippen LogP contribution in [0.1, 0.15) is 16.7 Å². The van der Waals surface area contributed by atoms with Crippen LogP contribution in [0, 0.1) is 0 Å². The van der Waals surface area contributed by atoms with Gasteiger partial charge in [-0.2, -0.15) is 0 Å². The summed E-state index contributed by atoms with van der Waals surface area (Å²) in [6.45, 7) is 2.09. The lowest BCUT2D eigenvalue weighted by Crippen LogP contribution is -2.26. The van der Waals surface area contributed by atoms with Crippen molar-refractivity contribution in [1.82, 2.24) is 4.90 Å². The zero-order valence-corrected chi connectivity index (χ0v) is 12.8. The van der Waals surface area contributed by atoms with Crippen molar-refractivity contribution in [3.8, 4) is 0 Å². The van der Waals surface area contributed by atoms with Crippen LogP contribution in [-0.4, -0.2) is 24.4 Å². The van der Waals surface area contributed by atoms with Gasteiger partial charge in [0.15, 0.2) is 0 Å². The van der Waals surface area contributed by atoms with Crippen molar-refractivity contribution in [2.24, 2.45) is 0 Å². The van der Waals surface area contributed by atoms with E-state index in [0.717, 1.165) is 30.8 Å². The fraction of sp³-hybridized carbons (Fsp3) is 0.211. The van der Waals surface area contributed by atoms with Crippen molar-refractivity contribution in [2.75, 3.05) is 18.9 Å². The second-order valence-electron chi connectivity index (χ2n) is 5.70. The minimum Gasteiger partial charge on any atom is -0.323 e. The van der Waals surface area contributed by atoms with Gasteiger partial charge in [-0.15, -0.1) is 0 Å². The standard InChI is InChI=1S/C19H20N2O/c1-21-12-11-16-9-7-15(13-17(16)14-21)8-10-19(22)20-18-5-3-2-4-6-18/h2-10,13H,11-12,14H2,1H3,(H,20,22). The average molecular weight is 292 g/mol. The molecule has 0 aromatic heterocycles. The second-order valence-corrected chi connectivity index (χ2v) is 5.70. The molecule has 22 heavy (non-hydrogen) atoms. The van der Waals surface area contributed by atoms with Crippen LogP contribution in [0.25, 0.3) is 6.08 Å². The second kappa shape index (κ2) is 6.58. The molecule has 2 aromatic carbocycles. The molecular weight excluding hydrogens is 272 g/mol. The number of carbonyl (C=O) groups excluding carboxylic acids is 1. The largest absolute Gasteiger partial charge is 0.323 e. The molecule has 3 nitrogen and oxygen atoms in total. The van der Waals surface area contributed by atoms with E-state index in [1.54, 1.807) is 6.08 Å². The predicted octanol–water partition coefficient (Wildman–Crippen LogP) is 3.33. The molecule has 1 N–H and O–H groups in total. The summed E-state index contributed by atoms with van der Waals surface area (Å²) in [4.78, 5) is 14.2. The molecule has 1 aliphatic rings. The summed E-state index contributed by atoms with van der Waals surface area (Å²) < 4.78 is 0. The topological polar surface area (TPSA) is 32.3 Å². The average Bonchev–Trinajstić information content (AvgIpc) is 2.53. The monoisotopic (exact) mass is 292 g/mol. The summed E-state index contributed by atoms with van der Waals surface area (Å²) in [5.41, 5.74) is 4.66. The number of nitrogens with one attached hydrogen (secondary N) is 1. The van der Waals surface area contributed by atoms with Crippen LogP contribution in [0.3, 0.4) is 0 Å². The highest BCUT2D eigenvalue weighted by atomic mass is 16.1. The lowest BCUT2D eigenvalue weighted by molar-refractivity contribution is -0.111. The smallest absolute Gasteiger partial charge is 0.248 e. The minimum atomic E-state index is -0.110. The van der Waals surface area contributed by atoms with Gasteiger partial charge in [0.05, 0.1) is 0 Å². The van der Waals surface area contributed by atoms with Gasteiger partial charge in [-0.25, -0.2) is 0 Å². The summed E-state index contributed by atoms with van der Waals surface area (Å²) >= 11 is 0. The highest BCUT2D eigenvalue weighted by Gasteiger charge is 2.12. The van der Waals surface area contributed by atoms with Crippen molar-refractivity contribution < 1.29 is 4.79 Å². The van der Waals surface area contributed by atoms with Crippen molar-refractivity contribution in [1.29, 1.82) is 0 Å². The number of fused-ring (bicyclic) bond motifs is 1. The third-order valence-corrected chi connectivity index (χ3v) is 3.90. The molecule has 0 saturated carbocycles. The van der Waals surface area contributed by atoms with E-state index in [-0.39, 0.29) is 5.91 Å². The van der Waals surface area contributed by atoms with Crippen molar-refractivity contribution in [3.63, 3.8) is 0 Å². The number of rotatable bonds is 3. The molecule has 0 radical (unpaired) electrons. The van der Waals surface area contributed by atoms with Crippen LogP contribution >= 0.6 is 0 Å². The third kappa shape index (κ3) is 3.62. The van der Waals surface area contributed by atoms with E-state index in [9.17, 15) is 4.79 Å². The highest BCUT2D eigenvalue weighted by Crippen LogP contribution is 2.20. The summed E-state index contributed by atoms with van der Waals surface area (Å²) in [7, 11) is 2.14. The van der Waals surface area contributed by atoms with Crippen LogP contribution in [0.15, 0.2) is 54.6 Å². The number of amides is 1. The van der Waals surface area contributed by atoms with Gasteiger partial charge in [0.2, 0.25) is 5.91 Å². The van der Waals surface area contributed by atoms with Gasteiger partial charge in [0, 0.05) is 24.9 Å². The molecule has 0 unspecified atom stereocenters. The first kappa shape index (κ1) is 14.5. The molecular formula is C19H20N2O. The normalized spacial score (nSPS) is 14.8. The van der Waals surface area contributed by atoms with E-state index in [4.69, 9.17) is 0 Å². The zero-order chi connectivity index (χ0) is 15.4. The molecule has 0 saturated heterocycles. The van der Waals surface area contributed by atoms with Crippen LogP contribution < -0.4 is 5.32 Å². The van der Waals surface area contributed by atoms with Gasteiger partial charge in [0.1, 0.15) is 0 Å². The molecule has 0 bridgehead atoms. The Bertz CT molecular complexity index is 692. The van der Waals surface area contributed by atoms with E-state index in [0.29, 0.717) is 0 Å². The molecule has 3 heteroatoms. The molecule has 1 aliphatic heterocycles. The van der Waals surface area contributed by atoms with Crippen LogP contribution in [0.5, 0.6) is 0 Å². The Labute approximate surface area is 131 Å². The lowest BCUT2D eigenvalue weighted by atomic mass is 9.97. The van der Waals surface area contributed by atoms with E-state index in [1.807, 2.05) is 36.4 Å². The van der Waals surface area contributed by atoms with Crippen molar-refractivity contribution >= 4 is 17.7 Å². The number of anilines is 1. The number of likely N-dealkylation sites (N-methyl/N-ethyl adjacent to an activating group) is 1. The summed E-state index contributed by atoms with van der Waals surface area (Å²) in [6, 6.07) is 15.9. The Balaban J connectivity index is 1.67. The molecule has 2 aromatic rings. The number of carbonyl (C=O) groups is 1. The molecule has 3 rings (SSSR count). The van der Waals surface area contributed by atoms with Gasteiger partial charge in [0.25, 0.3) is 0 Å². The van der Waals surface area contributed by atoms with Crippen LogP contribution in [0.2, 0.25) is 0 Å². The van der Waals surface area contributed by atoms with E-state index in [2.05, 4.69) is 35.5 Å². The number of benzene rings is 2. The molecule has 0 atom stereocenters. The number of hydrogen-bond donors (Lipinski definition) is 1. The Morgan fingerprint density at radius 2 is 1.95 bits per heavy atom. The Hall–Kier alpha value is -2.39. The summed E-state index contributed by atoms with van der Waals surface area (Å²) in [5, 5.41) is 2.85. The maximum atomic E-state index is 11.9. The number of para-hydroxylation sites is 1. The van der Waals surface area contributed by atoms with E-state index < -0.39 is 0 Å². The van der Waals surface area contributed by atoms with Gasteiger partial charge < -0.3 is 10.2 Å². The predicted molar refractivity (Wildman–Crippen MR) is 90.6 cm³/mol.